The molecule has 1 spiro atoms. The van der Waals surface area contributed by atoms with Gasteiger partial charge in [0.25, 0.3) is 0 Å². The Labute approximate surface area is 110 Å². The van der Waals surface area contributed by atoms with E-state index in [0.29, 0.717) is 18.8 Å². The third-order valence-electron chi connectivity index (χ3n) is 5.17. The Bertz CT molecular complexity index is 346. The third kappa shape index (κ3) is 2.02. The summed E-state index contributed by atoms with van der Waals surface area (Å²) >= 11 is 0. The van der Waals surface area contributed by atoms with Crippen molar-refractivity contribution < 1.29 is 15.3 Å². The molecule has 0 aliphatic heterocycles. The highest BCUT2D eigenvalue weighted by atomic mass is 16.3. The minimum absolute atomic E-state index is 0.0927. The van der Waals surface area contributed by atoms with Crippen molar-refractivity contribution in [3.8, 4) is 0 Å². The lowest BCUT2D eigenvalue weighted by atomic mass is 9.59. The Balaban J connectivity index is 2.30. The zero-order valence-electron chi connectivity index (χ0n) is 11.7. The maximum absolute atomic E-state index is 10.2. The lowest BCUT2D eigenvalue weighted by molar-refractivity contribution is -0.124. The van der Waals surface area contributed by atoms with Gasteiger partial charge in [-0.05, 0) is 49.9 Å². The van der Waals surface area contributed by atoms with Gasteiger partial charge < -0.3 is 15.3 Å². The summed E-state index contributed by atoms with van der Waals surface area (Å²) in [6.45, 7) is 6.23. The van der Waals surface area contributed by atoms with E-state index >= 15 is 0 Å². The zero-order valence-corrected chi connectivity index (χ0v) is 11.7. The molecule has 0 saturated heterocycles. The van der Waals surface area contributed by atoms with Crippen molar-refractivity contribution in [2.24, 2.45) is 17.3 Å². The van der Waals surface area contributed by atoms with Crippen molar-refractivity contribution in [2.75, 3.05) is 6.61 Å². The minimum atomic E-state index is -0.976. The van der Waals surface area contributed by atoms with Crippen molar-refractivity contribution >= 4 is 0 Å². The van der Waals surface area contributed by atoms with Crippen molar-refractivity contribution in [3.05, 3.63) is 11.6 Å². The summed E-state index contributed by atoms with van der Waals surface area (Å²) < 4.78 is 0. The first-order valence-corrected chi connectivity index (χ1v) is 7.05. The van der Waals surface area contributed by atoms with E-state index in [1.807, 2.05) is 0 Å². The lowest BCUT2D eigenvalue weighted by Crippen LogP contribution is -2.51. The predicted molar refractivity (Wildman–Crippen MR) is 71.0 cm³/mol. The molecule has 2 aliphatic rings. The van der Waals surface area contributed by atoms with Crippen molar-refractivity contribution in [1.29, 1.82) is 0 Å². The second-order valence-electron chi connectivity index (χ2n) is 6.66. The fourth-order valence-corrected chi connectivity index (χ4v) is 3.94. The first-order valence-electron chi connectivity index (χ1n) is 7.05. The van der Waals surface area contributed by atoms with Crippen LogP contribution in [0.5, 0.6) is 0 Å². The summed E-state index contributed by atoms with van der Waals surface area (Å²) in [5.74, 6) is 0.650. The van der Waals surface area contributed by atoms with Gasteiger partial charge >= 0.3 is 0 Å². The van der Waals surface area contributed by atoms with Crippen molar-refractivity contribution in [3.63, 3.8) is 0 Å². The van der Waals surface area contributed by atoms with Crippen LogP contribution in [0.4, 0.5) is 0 Å². The van der Waals surface area contributed by atoms with Crippen LogP contribution in [-0.2, 0) is 0 Å². The number of aliphatic hydroxyl groups is 3. The summed E-state index contributed by atoms with van der Waals surface area (Å²) in [6.07, 6.45) is 4.51. The van der Waals surface area contributed by atoms with Gasteiger partial charge in [-0.1, -0.05) is 25.5 Å². The van der Waals surface area contributed by atoms with E-state index in [4.69, 9.17) is 0 Å². The molecule has 1 fully saturated rings. The molecular formula is C15H26O3. The van der Waals surface area contributed by atoms with Crippen LogP contribution < -0.4 is 0 Å². The van der Waals surface area contributed by atoms with E-state index in [1.54, 1.807) is 6.92 Å². The van der Waals surface area contributed by atoms with Crippen molar-refractivity contribution in [2.45, 2.75) is 58.2 Å². The quantitative estimate of drug-likeness (QED) is 0.659. The molecule has 2 rings (SSSR count). The highest BCUT2D eigenvalue weighted by Gasteiger charge is 2.52. The maximum Gasteiger partial charge on any atom is 0.0878 e. The molecular weight excluding hydrogens is 228 g/mol. The normalized spacial score (nSPS) is 44.7. The van der Waals surface area contributed by atoms with Crippen LogP contribution in [0.15, 0.2) is 11.6 Å². The van der Waals surface area contributed by atoms with E-state index < -0.39 is 11.7 Å². The average molecular weight is 254 g/mol. The van der Waals surface area contributed by atoms with E-state index in [1.165, 1.54) is 5.57 Å². The molecule has 0 aromatic carbocycles. The molecule has 104 valence electrons. The van der Waals surface area contributed by atoms with Crippen LogP contribution >= 0.6 is 0 Å². The molecule has 2 aliphatic carbocycles. The summed E-state index contributed by atoms with van der Waals surface area (Å²) in [5, 5.41) is 30.0. The fourth-order valence-electron chi connectivity index (χ4n) is 3.94. The largest absolute Gasteiger partial charge is 0.396 e. The van der Waals surface area contributed by atoms with E-state index in [-0.39, 0.29) is 17.9 Å². The van der Waals surface area contributed by atoms with E-state index in [9.17, 15) is 15.3 Å². The van der Waals surface area contributed by atoms with Gasteiger partial charge in [-0.2, -0.15) is 0 Å². The monoisotopic (exact) mass is 254 g/mol. The number of rotatable bonds is 2. The molecule has 0 radical (unpaired) electrons. The standard InChI is InChI=1S/C15H26O3/c1-10(2)12-5-4-11(9-16)15(12)7-6-14(3,18)13(17)8-15/h5,10-11,13,16-18H,4,6-9H2,1-3H3/t11-,13+,14-,15-/m1/s1. The van der Waals surface area contributed by atoms with E-state index in [2.05, 4.69) is 19.9 Å². The van der Waals surface area contributed by atoms with Crippen LogP contribution in [0.3, 0.4) is 0 Å². The molecule has 0 bridgehead atoms. The van der Waals surface area contributed by atoms with Crippen LogP contribution in [0, 0.1) is 17.3 Å². The Morgan fingerprint density at radius 1 is 1.39 bits per heavy atom. The Hall–Kier alpha value is -0.380. The molecule has 0 aromatic heterocycles. The van der Waals surface area contributed by atoms with Gasteiger partial charge in [-0.3, -0.25) is 0 Å². The first kappa shape index (κ1) is 14.0. The number of allylic oxidation sites excluding steroid dienone is 2. The second-order valence-corrected chi connectivity index (χ2v) is 6.66. The molecule has 3 heteroatoms. The summed E-state index contributed by atoms with van der Waals surface area (Å²) in [5.41, 5.74) is 0.302. The van der Waals surface area contributed by atoms with E-state index in [0.717, 1.165) is 12.8 Å². The fraction of sp³-hybridized carbons (Fsp3) is 0.867. The van der Waals surface area contributed by atoms with Gasteiger partial charge in [0.05, 0.1) is 11.7 Å². The number of hydrogen-bond acceptors (Lipinski definition) is 3. The topological polar surface area (TPSA) is 60.7 Å². The Morgan fingerprint density at radius 3 is 2.56 bits per heavy atom. The molecule has 3 nitrogen and oxygen atoms in total. The van der Waals surface area contributed by atoms with Gasteiger partial charge in [-0.15, -0.1) is 0 Å². The summed E-state index contributed by atoms with van der Waals surface area (Å²) in [6, 6.07) is 0. The summed E-state index contributed by atoms with van der Waals surface area (Å²) in [4.78, 5) is 0. The highest BCUT2D eigenvalue weighted by Crippen LogP contribution is 2.56. The third-order valence-corrected chi connectivity index (χ3v) is 5.17. The molecule has 0 amide bonds. The second kappa shape index (κ2) is 4.62. The predicted octanol–water partition coefficient (Wildman–Crippen LogP) is 1.86. The molecule has 1 saturated carbocycles. The van der Waals surface area contributed by atoms with Crippen molar-refractivity contribution in [1.82, 2.24) is 0 Å². The van der Waals surface area contributed by atoms with Gasteiger partial charge in [0, 0.05) is 6.61 Å². The van der Waals surface area contributed by atoms with Crippen LogP contribution in [0.1, 0.15) is 46.5 Å². The van der Waals surface area contributed by atoms with Crippen LogP contribution in [0.2, 0.25) is 0 Å². The number of hydrogen-bond donors (Lipinski definition) is 3. The molecule has 18 heavy (non-hydrogen) atoms. The maximum atomic E-state index is 10.2. The molecule has 4 atom stereocenters. The zero-order chi connectivity index (χ0) is 13.6. The molecule has 0 unspecified atom stereocenters. The first-order chi connectivity index (χ1) is 8.33. The average Bonchev–Trinajstić information content (AvgIpc) is 2.63. The minimum Gasteiger partial charge on any atom is -0.396 e. The number of aliphatic hydroxyl groups excluding tert-OH is 2. The highest BCUT2D eigenvalue weighted by molar-refractivity contribution is 5.27. The molecule has 3 N–H and O–H groups in total. The van der Waals surface area contributed by atoms with Crippen LogP contribution in [-0.4, -0.2) is 33.6 Å². The van der Waals surface area contributed by atoms with Gasteiger partial charge in [0.15, 0.2) is 0 Å². The van der Waals surface area contributed by atoms with Gasteiger partial charge in [0.2, 0.25) is 0 Å². The Morgan fingerprint density at radius 2 is 2.06 bits per heavy atom. The Kier molecular flexibility index (Phi) is 3.60. The SMILES string of the molecule is CC(C)C1=CC[C@H](CO)[C@]12CC[C@@](C)(O)[C@@H](O)C2. The molecule has 0 heterocycles. The smallest absolute Gasteiger partial charge is 0.0878 e. The van der Waals surface area contributed by atoms with Gasteiger partial charge in [0.1, 0.15) is 0 Å². The summed E-state index contributed by atoms with van der Waals surface area (Å²) in [7, 11) is 0. The lowest BCUT2D eigenvalue weighted by Gasteiger charge is -2.49. The van der Waals surface area contributed by atoms with Crippen LogP contribution in [0.25, 0.3) is 0 Å². The van der Waals surface area contributed by atoms with Gasteiger partial charge in [-0.25, -0.2) is 0 Å². The molecule has 0 aromatic rings.